The summed E-state index contributed by atoms with van der Waals surface area (Å²) in [5.74, 6) is -0.142. The van der Waals surface area contributed by atoms with Crippen LogP contribution in [0.25, 0.3) is 0 Å². The number of anilines is 2. The first-order chi connectivity index (χ1) is 8.56. The van der Waals surface area contributed by atoms with Gasteiger partial charge >= 0.3 is 0 Å². The molecule has 0 unspecified atom stereocenters. The second kappa shape index (κ2) is 5.23. The number of aryl methyl sites for hydroxylation is 1. The van der Waals surface area contributed by atoms with Crippen molar-refractivity contribution in [2.75, 3.05) is 11.1 Å². The van der Waals surface area contributed by atoms with Crippen LogP contribution in [0, 0.1) is 6.92 Å². The van der Waals surface area contributed by atoms with Crippen molar-refractivity contribution < 1.29 is 4.79 Å². The Hall–Kier alpha value is -1.81. The molecule has 0 bridgehead atoms. The molecule has 0 aliphatic rings. The molecule has 0 fully saturated rings. The average molecular weight is 305 g/mol. The smallest absolute Gasteiger partial charge is 0.255 e. The average Bonchev–Trinajstić information content (AvgIpc) is 2.34. The predicted molar refractivity (Wildman–Crippen MR) is 77.7 cm³/mol. The molecule has 3 nitrogen and oxygen atoms in total. The first-order valence-corrected chi connectivity index (χ1v) is 6.28. The van der Waals surface area contributed by atoms with E-state index in [2.05, 4.69) is 21.2 Å². The van der Waals surface area contributed by atoms with Gasteiger partial charge in [-0.2, -0.15) is 0 Å². The van der Waals surface area contributed by atoms with Crippen LogP contribution in [0.1, 0.15) is 15.9 Å². The van der Waals surface area contributed by atoms with Crippen molar-refractivity contribution >= 4 is 33.2 Å². The van der Waals surface area contributed by atoms with Crippen molar-refractivity contribution in [3.8, 4) is 0 Å². The number of hydrogen-bond acceptors (Lipinski definition) is 2. The largest absolute Gasteiger partial charge is 0.399 e. The van der Waals surface area contributed by atoms with Gasteiger partial charge in [0.15, 0.2) is 0 Å². The molecule has 0 saturated carbocycles. The lowest BCUT2D eigenvalue weighted by atomic mass is 10.1. The van der Waals surface area contributed by atoms with E-state index >= 15 is 0 Å². The van der Waals surface area contributed by atoms with Crippen LogP contribution in [-0.2, 0) is 0 Å². The molecule has 1 amide bonds. The topological polar surface area (TPSA) is 55.1 Å². The quantitative estimate of drug-likeness (QED) is 0.833. The fourth-order valence-electron chi connectivity index (χ4n) is 1.57. The molecule has 0 aliphatic carbocycles. The summed E-state index contributed by atoms with van der Waals surface area (Å²) in [5, 5.41) is 2.85. The fraction of sp³-hybridized carbons (Fsp3) is 0.0714. The minimum absolute atomic E-state index is 0.142. The number of nitrogens with one attached hydrogen (secondary N) is 1. The van der Waals surface area contributed by atoms with Gasteiger partial charge in [-0.25, -0.2) is 0 Å². The number of halogens is 1. The standard InChI is InChI=1S/C14H13BrN2O/c1-9-2-7-12(16)8-13(9)17-14(18)10-3-5-11(15)6-4-10/h2-8H,16H2,1H3,(H,17,18). The lowest BCUT2D eigenvalue weighted by molar-refractivity contribution is 0.102. The van der Waals surface area contributed by atoms with Crippen LogP contribution in [0.3, 0.4) is 0 Å². The lowest BCUT2D eigenvalue weighted by Crippen LogP contribution is -2.12. The van der Waals surface area contributed by atoms with Gasteiger partial charge in [0.05, 0.1) is 0 Å². The third-order valence-electron chi connectivity index (χ3n) is 2.62. The van der Waals surface area contributed by atoms with E-state index in [1.54, 1.807) is 18.2 Å². The Kier molecular flexibility index (Phi) is 3.67. The van der Waals surface area contributed by atoms with E-state index in [4.69, 9.17) is 5.73 Å². The molecule has 0 aliphatic heterocycles. The van der Waals surface area contributed by atoms with Crippen LogP contribution in [0.15, 0.2) is 46.9 Å². The zero-order chi connectivity index (χ0) is 13.1. The van der Waals surface area contributed by atoms with E-state index in [0.29, 0.717) is 11.3 Å². The van der Waals surface area contributed by atoms with E-state index in [-0.39, 0.29) is 5.91 Å². The zero-order valence-corrected chi connectivity index (χ0v) is 11.5. The maximum absolute atomic E-state index is 12.0. The Morgan fingerprint density at radius 3 is 2.50 bits per heavy atom. The SMILES string of the molecule is Cc1ccc(N)cc1NC(=O)c1ccc(Br)cc1. The summed E-state index contributed by atoms with van der Waals surface area (Å²) < 4.78 is 0.944. The van der Waals surface area contributed by atoms with Crippen LogP contribution < -0.4 is 11.1 Å². The van der Waals surface area contributed by atoms with Crippen LogP contribution in [0.4, 0.5) is 11.4 Å². The van der Waals surface area contributed by atoms with Gasteiger partial charge in [0.1, 0.15) is 0 Å². The first-order valence-electron chi connectivity index (χ1n) is 5.49. The summed E-state index contributed by atoms with van der Waals surface area (Å²) in [4.78, 5) is 12.0. The molecule has 92 valence electrons. The molecule has 0 radical (unpaired) electrons. The van der Waals surface area contributed by atoms with Crippen molar-refractivity contribution in [1.29, 1.82) is 0 Å². The van der Waals surface area contributed by atoms with E-state index in [1.165, 1.54) is 0 Å². The minimum atomic E-state index is -0.142. The molecule has 18 heavy (non-hydrogen) atoms. The number of carbonyl (C=O) groups excluding carboxylic acids is 1. The Morgan fingerprint density at radius 2 is 1.83 bits per heavy atom. The molecule has 2 aromatic rings. The zero-order valence-electron chi connectivity index (χ0n) is 9.91. The molecule has 2 rings (SSSR count). The van der Waals surface area contributed by atoms with E-state index in [1.807, 2.05) is 31.2 Å². The van der Waals surface area contributed by atoms with Crippen LogP contribution >= 0.6 is 15.9 Å². The Bertz CT molecular complexity index is 579. The van der Waals surface area contributed by atoms with E-state index in [9.17, 15) is 4.79 Å². The van der Waals surface area contributed by atoms with E-state index < -0.39 is 0 Å². The summed E-state index contributed by atoms with van der Waals surface area (Å²) in [5.41, 5.74) is 8.67. The number of carbonyl (C=O) groups is 1. The molecule has 0 saturated heterocycles. The summed E-state index contributed by atoms with van der Waals surface area (Å²) in [7, 11) is 0. The number of nitrogens with two attached hydrogens (primary N) is 1. The summed E-state index contributed by atoms with van der Waals surface area (Å²) in [6.07, 6.45) is 0. The Balaban J connectivity index is 2.21. The summed E-state index contributed by atoms with van der Waals surface area (Å²) in [6.45, 7) is 1.93. The molecular formula is C14H13BrN2O. The number of rotatable bonds is 2. The number of hydrogen-bond donors (Lipinski definition) is 2. The van der Waals surface area contributed by atoms with Crippen LogP contribution in [0.2, 0.25) is 0 Å². The van der Waals surface area contributed by atoms with Gasteiger partial charge in [-0.05, 0) is 48.9 Å². The van der Waals surface area contributed by atoms with Crippen molar-refractivity contribution in [1.82, 2.24) is 0 Å². The Morgan fingerprint density at radius 1 is 1.17 bits per heavy atom. The monoisotopic (exact) mass is 304 g/mol. The minimum Gasteiger partial charge on any atom is -0.399 e. The van der Waals surface area contributed by atoms with Crippen molar-refractivity contribution in [3.63, 3.8) is 0 Å². The molecule has 0 spiro atoms. The number of nitrogen functional groups attached to an aromatic ring is 1. The molecule has 0 atom stereocenters. The van der Waals surface area contributed by atoms with Gasteiger partial charge in [0, 0.05) is 21.4 Å². The number of benzene rings is 2. The summed E-state index contributed by atoms with van der Waals surface area (Å²) >= 11 is 3.33. The maximum atomic E-state index is 12.0. The fourth-order valence-corrected chi connectivity index (χ4v) is 1.83. The second-order valence-corrected chi connectivity index (χ2v) is 4.95. The molecular weight excluding hydrogens is 292 g/mol. The maximum Gasteiger partial charge on any atom is 0.255 e. The molecule has 0 heterocycles. The first kappa shape index (κ1) is 12.6. The number of amides is 1. The van der Waals surface area contributed by atoms with Crippen LogP contribution in [0.5, 0.6) is 0 Å². The Labute approximate surface area is 114 Å². The highest BCUT2D eigenvalue weighted by molar-refractivity contribution is 9.10. The second-order valence-electron chi connectivity index (χ2n) is 4.04. The third kappa shape index (κ3) is 2.90. The third-order valence-corrected chi connectivity index (χ3v) is 3.14. The predicted octanol–water partition coefficient (Wildman–Crippen LogP) is 3.59. The van der Waals surface area contributed by atoms with E-state index in [0.717, 1.165) is 15.7 Å². The van der Waals surface area contributed by atoms with Gasteiger partial charge in [-0.3, -0.25) is 4.79 Å². The van der Waals surface area contributed by atoms with Gasteiger partial charge in [-0.1, -0.05) is 22.0 Å². The highest BCUT2D eigenvalue weighted by Gasteiger charge is 2.07. The molecule has 0 aromatic heterocycles. The van der Waals surface area contributed by atoms with Crippen LogP contribution in [-0.4, -0.2) is 5.91 Å². The molecule has 2 aromatic carbocycles. The van der Waals surface area contributed by atoms with Crippen molar-refractivity contribution in [3.05, 3.63) is 58.1 Å². The normalized spacial score (nSPS) is 10.1. The van der Waals surface area contributed by atoms with Gasteiger partial charge in [0.2, 0.25) is 0 Å². The molecule has 3 N–H and O–H groups in total. The van der Waals surface area contributed by atoms with Crippen molar-refractivity contribution in [2.24, 2.45) is 0 Å². The highest BCUT2D eigenvalue weighted by atomic mass is 79.9. The highest BCUT2D eigenvalue weighted by Crippen LogP contribution is 2.19. The van der Waals surface area contributed by atoms with Gasteiger partial charge in [-0.15, -0.1) is 0 Å². The van der Waals surface area contributed by atoms with Gasteiger partial charge in [0.25, 0.3) is 5.91 Å². The van der Waals surface area contributed by atoms with Crippen molar-refractivity contribution in [2.45, 2.75) is 6.92 Å². The van der Waals surface area contributed by atoms with Gasteiger partial charge < -0.3 is 11.1 Å². The summed E-state index contributed by atoms with van der Waals surface area (Å²) in [6, 6.07) is 12.6. The molecule has 4 heteroatoms. The lowest BCUT2D eigenvalue weighted by Gasteiger charge is -2.09.